The fourth-order valence-corrected chi connectivity index (χ4v) is 1.92. The van der Waals surface area contributed by atoms with E-state index in [1.54, 1.807) is 19.1 Å². The smallest absolute Gasteiger partial charge is 0.337 e. The Bertz CT molecular complexity index is 518. The van der Waals surface area contributed by atoms with Gasteiger partial charge in [-0.2, -0.15) is 0 Å². The molecule has 0 fully saturated rings. The molecule has 104 valence electrons. The van der Waals surface area contributed by atoms with E-state index in [-0.39, 0.29) is 23.0 Å². The van der Waals surface area contributed by atoms with Gasteiger partial charge in [0.15, 0.2) is 0 Å². The third kappa shape index (κ3) is 3.70. The molecular formula is C14H18ClNO3. The van der Waals surface area contributed by atoms with Gasteiger partial charge in [0.05, 0.1) is 10.6 Å². The lowest BCUT2D eigenvalue weighted by atomic mass is 9.95. The van der Waals surface area contributed by atoms with Crippen LogP contribution in [0.4, 0.5) is 0 Å². The SMILES string of the molecule is Cc1ccc(CNC(=O)C(C)(C)C)c(Cl)c1C(=O)O. The zero-order valence-electron chi connectivity index (χ0n) is 11.5. The number of hydrogen-bond acceptors (Lipinski definition) is 2. The number of carbonyl (C=O) groups excluding carboxylic acids is 1. The van der Waals surface area contributed by atoms with Crippen LogP contribution in [0, 0.1) is 12.3 Å². The van der Waals surface area contributed by atoms with Crippen molar-refractivity contribution in [2.75, 3.05) is 0 Å². The number of rotatable bonds is 3. The summed E-state index contributed by atoms with van der Waals surface area (Å²) in [4.78, 5) is 22.9. The van der Waals surface area contributed by atoms with Crippen LogP contribution in [0.25, 0.3) is 0 Å². The van der Waals surface area contributed by atoms with Gasteiger partial charge in [-0.15, -0.1) is 0 Å². The predicted molar refractivity (Wildman–Crippen MR) is 74.5 cm³/mol. The highest BCUT2D eigenvalue weighted by Crippen LogP contribution is 2.25. The van der Waals surface area contributed by atoms with Crippen molar-refractivity contribution in [3.63, 3.8) is 0 Å². The first-order valence-corrected chi connectivity index (χ1v) is 6.32. The van der Waals surface area contributed by atoms with E-state index in [4.69, 9.17) is 16.7 Å². The van der Waals surface area contributed by atoms with E-state index in [0.29, 0.717) is 11.1 Å². The largest absolute Gasteiger partial charge is 0.478 e. The normalized spacial score (nSPS) is 11.2. The maximum Gasteiger partial charge on any atom is 0.337 e. The zero-order chi connectivity index (χ0) is 14.8. The van der Waals surface area contributed by atoms with Gasteiger partial charge in [0.25, 0.3) is 0 Å². The summed E-state index contributed by atoms with van der Waals surface area (Å²) in [6.45, 7) is 7.33. The van der Waals surface area contributed by atoms with Crippen molar-refractivity contribution >= 4 is 23.5 Å². The number of hydrogen-bond donors (Lipinski definition) is 2. The molecule has 0 aliphatic carbocycles. The molecule has 0 aromatic heterocycles. The van der Waals surface area contributed by atoms with Crippen molar-refractivity contribution in [1.29, 1.82) is 0 Å². The van der Waals surface area contributed by atoms with Crippen LogP contribution in [0.5, 0.6) is 0 Å². The minimum atomic E-state index is -1.06. The molecule has 0 heterocycles. The average molecular weight is 284 g/mol. The highest BCUT2D eigenvalue weighted by atomic mass is 35.5. The van der Waals surface area contributed by atoms with E-state index >= 15 is 0 Å². The number of aryl methyl sites for hydroxylation is 1. The molecule has 0 aliphatic rings. The summed E-state index contributed by atoms with van der Waals surface area (Å²) in [6, 6.07) is 3.42. The van der Waals surface area contributed by atoms with Gasteiger partial charge in [-0.05, 0) is 18.1 Å². The molecule has 0 unspecified atom stereocenters. The lowest BCUT2D eigenvalue weighted by Gasteiger charge is -2.18. The molecule has 0 radical (unpaired) electrons. The third-order valence-electron chi connectivity index (χ3n) is 2.76. The number of benzene rings is 1. The van der Waals surface area contributed by atoms with E-state index < -0.39 is 11.4 Å². The highest BCUT2D eigenvalue weighted by Gasteiger charge is 2.21. The van der Waals surface area contributed by atoms with Gasteiger partial charge in [0.1, 0.15) is 0 Å². The van der Waals surface area contributed by atoms with Crippen molar-refractivity contribution in [2.45, 2.75) is 34.2 Å². The Morgan fingerprint density at radius 2 is 1.89 bits per heavy atom. The molecule has 0 atom stereocenters. The summed E-state index contributed by atoms with van der Waals surface area (Å²) < 4.78 is 0. The Balaban J connectivity index is 2.95. The Morgan fingerprint density at radius 3 is 2.37 bits per heavy atom. The fourth-order valence-electron chi connectivity index (χ4n) is 1.56. The van der Waals surface area contributed by atoms with Gasteiger partial charge in [0, 0.05) is 12.0 Å². The number of carboxylic acid groups (broad SMARTS) is 1. The van der Waals surface area contributed by atoms with Gasteiger partial charge < -0.3 is 10.4 Å². The first kappa shape index (κ1) is 15.5. The molecule has 1 amide bonds. The van der Waals surface area contributed by atoms with E-state index in [0.717, 1.165) is 0 Å². The number of halogens is 1. The topological polar surface area (TPSA) is 66.4 Å². The van der Waals surface area contributed by atoms with Crippen LogP contribution in [0.3, 0.4) is 0 Å². The van der Waals surface area contributed by atoms with Gasteiger partial charge >= 0.3 is 5.97 Å². The Kier molecular flexibility index (Phi) is 4.58. The number of nitrogens with one attached hydrogen (secondary N) is 1. The van der Waals surface area contributed by atoms with Gasteiger partial charge in [-0.25, -0.2) is 4.79 Å². The number of carbonyl (C=O) groups is 2. The molecule has 0 spiro atoms. The first-order chi connectivity index (χ1) is 8.64. The van der Waals surface area contributed by atoms with Crippen molar-refractivity contribution < 1.29 is 14.7 Å². The average Bonchev–Trinajstić information content (AvgIpc) is 2.25. The van der Waals surface area contributed by atoms with Crippen LogP contribution in [0.1, 0.15) is 42.3 Å². The monoisotopic (exact) mass is 283 g/mol. The Hall–Kier alpha value is -1.55. The molecule has 19 heavy (non-hydrogen) atoms. The van der Waals surface area contributed by atoms with Crippen molar-refractivity contribution in [3.8, 4) is 0 Å². The van der Waals surface area contributed by atoms with Gasteiger partial charge in [-0.1, -0.05) is 44.5 Å². The van der Waals surface area contributed by atoms with Gasteiger partial charge in [-0.3, -0.25) is 4.79 Å². The van der Waals surface area contributed by atoms with Crippen molar-refractivity contribution in [2.24, 2.45) is 5.41 Å². The highest BCUT2D eigenvalue weighted by molar-refractivity contribution is 6.34. The van der Waals surface area contributed by atoms with E-state index in [1.165, 1.54) is 0 Å². The molecule has 1 rings (SSSR count). The molecular weight excluding hydrogens is 266 g/mol. The molecule has 0 saturated heterocycles. The van der Waals surface area contributed by atoms with Gasteiger partial charge in [0.2, 0.25) is 5.91 Å². The molecule has 0 saturated carbocycles. The lowest BCUT2D eigenvalue weighted by molar-refractivity contribution is -0.128. The third-order valence-corrected chi connectivity index (χ3v) is 3.20. The predicted octanol–water partition coefficient (Wildman–Crippen LogP) is 3.01. The van der Waals surface area contributed by atoms with Crippen molar-refractivity contribution in [3.05, 3.63) is 33.8 Å². The fraction of sp³-hybridized carbons (Fsp3) is 0.429. The molecule has 2 N–H and O–H groups in total. The summed E-state index contributed by atoms with van der Waals surface area (Å²) in [5.74, 6) is -1.17. The second-order valence-electron chi connectivity index (χ2n) is 5.47. The van der Waals surface area contributed by atoms with E-state index in [1.807, 2.05) is 20.8 Å². The number of amides is 1. The number of carboxylic acids is 1. The standard InChI is InChI=1S/C14H18ClNO3/c1-8-5-6-9(11(15)10(8)12(17)18)7-16-13(19)14(2,3)4/h5-6H,7H2,1-4H3,(H,16,19)(H,17,18). The summed E-state index contributed by atoms with van der Waals surface area (Å²) >= 11 is 6.07. The molecule has 1 aromatic carbocycles. The van der Waals surface area contributed by atoms with Crippen molar-refractivity contribution in [1.82, 2.24) is 5.32 Å². The summed E-state index contributed by atoms with van der Waals surface area (Å²) in [5, 5.41) is 12.0. The maximum atomic E-state index is 11.8. The summed E-state index contributed by atoms with van der Waals surface area (Å²) in [7, 11) is 0. The summed E-state index contributed by atoms with van der Waals surface area (Å²) in [5.41, 5.74) is 0.794. The van der Waals surface area contributed by atoms with E-state index in [9.17, 15) is 9.59 Å². The minimum absolute atomic E-state index is 0.0872. The quantitative estimate of drug-likeness (QED) is 0.896. The van der Waals surface area contributed by atoms with Crippen LogP contribution < -0.4 is 5.32 Å². The van der Waals surface area contributed by atoms with Crippen LogP contribution >= 0.6 is 11.6 Å². The molecule has 4 nitrogen and oxygen atoms in total. The second kappa shape index (κ2) is 5.61. The van der Waals surface area contributed by atoms with Crippen LogP contribution in [-0.4, -0.2) is 17.0 Å². The summed E-state index contributed by atoms with van der Waals surface area (Å²) in [6.07, 6.45) is 0. The van der Waals surface area contributed by atoms with Crippen LogP contribution in [-0.2, 0) is 11.3 Å². The molecule has 1 aromatic rings. The molecule has 0 bridgehead atoms. The number of aromatic carboxylic acids is 1. The maximum absolute atomic E-state index is 11.8. The molecule has 0 aliphatic heterocycles. The Morgan fingerprint density at radius 1 is 1.32 bits per heavy atom. The first-order valence-electron chi connectivity index (χ1n) is 5.94. The lowest BCUT2D eigenvalue weighted by Crippen LogP contribution is -2.34. The minimum Gasteiger partial charge on any atom is -0.478 e. The van der Waals surface area contributed by atoms with Crippen LogP contribution in [0.15, 0.2) is 12.1 Å². The van der Waals surface area contributed by atoms with Crippen LogP contribution in [0.2, 0.25) is 5.02 Å². The Labute approximate surface area is 117 Å². The molecule has 5 heteroatoms. The second-order valence-corrected chi connectivity index (χ2v) is 5.85. The zero-order valence-corrected chi connectivity index (χ0v) is 12.3. The van der Waals surface area contributed by atoms with E-state index in [2.05, 4.69) is 5.32 Å².